The summed E-state index contributed by atoms with van der Waals surface area (Å²) in [6.45, 7) is 15.0. The van der Waals surface area contributed by atoms with E-state index in [1.807, 2.05) is 19.6 Å². The predicted octanol–water partition coefficient (Wildman–Crippen LogP) is 7.47. The predicted molar refractivity (Wildman–Crippen MR) is 146 cm³/mol. The fourth-order valence-electron chi connectivity index (χ4n) is 4.65. The first-order valence-corrected chi connectivity index (χ1v) is 12.9. The van der Waals surface area contributed by atoms with Crippen LogP contribution in [0.4, 0.5) is 0 Å². The molecule has 0 spiro atoms. The summed E-state index contributed by atoms with van der Waals surface area (Å²) in [5.74, 6) is 1.99. The molecule has 33 heavy (non-hydrogen) atoms. The highest BCUT2D eigenvalue weighted by molar-refractivity contribution is 7.19. The number of aryl methyl sites for hydroxylation is 1. The molecule has 0 saturated heterocycles. The van der Waals surface area contributed by atoms with E-state index in [0.717, 1.165) is 53.9 Å². The Morgan fingerprint density at radius 3 is 2.45 bits per heavy atom. The molecule has 2 aromatic rings. The largest absolute Gasteiger partial charge is 0.507 e. The molecule has 0 amide bonds. The molecule has 1 fully saturated rings. The van der Waals surface area contributed by atoms with Gasteiger partial charge in [-0.25, -0.2) is 0 Å². The third-order valence-corrected chi connectivity index (χ3v) is 8.56. The minimum absolute atomic E-state index is 0.294. The summed E-state index contributed by atoms with van der Waals surface area (Å²) in [7, 11) is 4.71. The summed E-state index contributed by atoms with van der Waals surface area (Å²) in [5.41, 5.74) is 5.67. The van der Waals surface area contributed by atoms with E-state index in [1.54, 1.807) is 0 Å². The third kappa shape index (κ3) is 5.05. The number of hydrogen-bond acceptors (Lipinski definition) is 2. The molecule has 4 unspecified atom stereocenters. The summed E-state index contributed by atoms with van der Waals surface area (Å²) in [6, 6.07) is 10.4. The Hall–Kier alpha value is -1.70. The van der Waals surface area contributed by atoms with Gasteiger partial charge < -0.3 is 9.76 Å². The average molecular weight is 460 g/mol. The molecule has 4 rings (SSSR count). The Labute approximate surface area is 203 Å². The second kappa shape index (κ2) is 9.16. The molecule has 1 saturated carbocycles. The topological polar surface area (TPSA) is 29.5 Å². The van der Waals surface area contributed by atoms with Crippen molar-refractivity contribution in [3.8, 4) is 5.75 Å². The number of allylic oxidation sites excluding steroid dienone is 4. The van der Waals surface area contributed by atoms with Crippen LogP contribution in [0.5, 0.6) is 5.75 Å². The Kier molecular flexibility index (Phi) is 6.78. The molecule has 0 aliphatic heterocycles. The van der Waals surface area contributed by atoms with Gasteiger partial charge in [0.25, 0.3) is 0 Å². The molecule has 1 radical (unpaired) electrons. The third-order valence-electron chi connectivity index (χ3n) is 7.86. The van der Waals surface area contributed by atoms with Crippen molar-refractivity contribution in [1.82, 2.24) is 0 Å². The van der Waals surface area contributed by atoms with Crippen molar-refractivity contribution in [2.24, 2.45) is 11.8 Å². The maximum absolute atomic E-state index is 11.4. The number of hydrogen-bond donors (Lipinski definition) is 1. The molecule has 2 aliphatic rings. The average Bonchev–Trinajstić information content (AvgIpc) is 3.47. The van der Waals surface area contributed by atoms with Crippen molar-refractivity contribution in [3.63, 3.8) is 0 Å². The zero-order valence-corrected chi connectivity index (χ0v) is 22.0. The highest BCUT2D eigenvalue weighted by Crippen LogP contribution is 2.48. The van der Waals surface area contributed by atoms with Crippen molar-refractivity contribution >= 4 is 33.1 Å². The quantitative estimate of drug-likeness (QED) is 0.252. The lowest BCUT2D eigenvalue weighted by atomic mass is 9.74. The van der Waals surface area contributed by atoms with Crippen molar-refractivity contribution < 1.29 is 9.76 Å². The normalized spacial score (nSPS) is 22.8. The van der Waals surface area contributed by atoms with E-state index >= 15 is 0 Å². The van der Waals surface area contributed by atoms with Crippen LogP contribution in [0.2, 0.25) is 0 Å². The molecular weight excluding hydrogens is 422 g/mol. The van der Waals surface area contributed by atoms with Gasteiger partial charge >= 0.3 is 7.48 Å². The van der Waals surface area contributed by atoms with Crippen LogP contribution in [-0.2, 0) is 11.1 Å². The van der Waals surface area contributed by atoms with Crippen molar-refractivity contribution in [3.05, 3.63) is 65.5 Å². The summed E-state index contributed by atoms with van der Waals surface area (Å²) < 4.78 is 6.25. The Bertz CT molecular complexity index is 1110. The molecule has 4 heteroatoms. The van der Waals surface area contributed by atoms with Crippen molar-refractivity contribution in [1.29, 1.82) is 0 Å². The Morgan fingerprint density at radius 1 is 1.18 bits per heavy atom. The fraction of sp³-hybridized carbons (Fsp3) is 0.483. The van der Waals surface area contributed by atoms with Crippen LogP contribution in [-0.4, -0.2) is 23.3 Å². The summed E-state index contributed by atoms with van der Waals surface area (Å²) in [6.07, 6.45) is 7.62. The number of fused-ring (bicyclic) bond motifs is 1. The van der Waals surface area contributed by atoms with Gasteiger partial charge in [0.2, 0.25) is 0 Å². The van der Waals surface area contributed by atoms with Crippen LogP contribution >= 0.6 is 9.24 Å². The highest BCUT2D eigenvalue weighted by atomic mass is 31.0. The monoisotopic (exact) mass is 460 g/mol. The number of phenols is 1. The van der Waals surface area contributed by atoms with Crippen LogP contribution in [0.25, 0.3) is 16.3 Å². The van der Waals surface area contributed by atoms with Crippen LogP contribution in [0.3, 0.4) is 0 Å². The smallest absolute Gasteiger partial charge is 0.326 e. The van der Waals surface area contributed by atoms with Crippen LogP contribution in [0.15, 0.2) is 47.5 Å². The molecule has 0 bridgehead atoms. The van der Waals surface area contributed by atoms with E-state index in [0.29, 0.717) is 5.75 Å². The van der Waals surface area contributed by atoms with Gasteiger partial charge in [-0.3, -0.25) is 0 Å². The van der Waals surface area contributed by atoms with Gasteiger partial charge in [0, 0.05) is 10.9 Å². The second-order valence-electron chi connectivity index (χ2n) is 10.9. The minimum atomic E-state index is -0.410. The molecule has 0 aromatic heterocycles. The van der Waals surface area contributed by atoms with Gasteiger partial charge in [0.15, 0.2) is 0 Å². The fourth-order valence-corrected chi connectivity index (χ4v) is 4.72. The Balaban J connectivity index is 1.75. The number of phenolic OH excluding ortho intramolecular Hbond substituents is 1. The molecule has 1 N–H and O–H groups in total. The van der Waals surface area contributed by atoms with E-state index in [-0.39, 0.29) is 5.16 Å². The molecule has 2 aliphatic carbocycles. The summed E-state index contributed by atoms with van der Waals surface area (Å²) >= 11 is 0. The minimum Gasteiger partial charge on any atom is -0.507 e. The maximum Gasteiger partial charge on any atom is 0.326 e. The molecular formula is C29H38BO2P+. The van der Waals surface area contributed by atoms with Gasteiger partial charge in [-0.15, -0.1) is 0 Å². The van der Waals surface area contributed by atoms with Gasteiger partial charge in [0.1, 0.15) is 10.9 Å². The van der Waals surface area contributed by atoms with E-state index in [1.165, 1.54) is 28.6 Å². The lowest BCUT2D eigenvalue weighted by Gasteiger charge is -2.34. The van der Waals surface area contributed by atoms with E-state index in [4.69, 9.17) is 4.65 Å². The van der Waals surface area contributed by atoms with Crippen LogP contribution in [0.1, 0.15) is 71.4 Å². The molecule has 173 valence electrons. The summed E-state index contributed by atoms with van der Waals surface area (Å²) in [4.78, 5) is 0. The van der Waals surface area contributed by atoms with Gasteiger partial charge in [-0.1, -0.05) is 64.5 Å². The van der Waals surface area contributed by atoms with E-state index in [9.17, 15) is 5.11 Å². The molecule has 4 atom stereocenters. The highest BCUT2D eigenvalue weighted by Gasteiger charge is 2.40. The zero-order chi connectivity index (χ0) is 24.0. The van der Waals surface area contributed by atoms with E-state index in [2.05, 4.69) is 75.1 Å². The first kappa shape index (κ1) is 24.4. The molecule has 2 aromatic carbocycles. The van der Waals surface area contributed by atoms with Crippen LogP contribution in [0, 0.1) is 18.8 Å². The number of aromatic hydroxyl groups is 1. The van der Waals surface area contributed by atoms with Crippen LogP contribution < -0.4 is 0 Å². The zero-order valence-electron chi connectivity index (χ0n) is 20.9. The summed E-state index contributed by atoms with van der Waals surface area (Å²) in [5, 5.41) is 13.2. The van der Waals surface area contributed by atoms with Gasteiger partial charge in [0.05, 0.1) is 12.5 Å². The standard InChI is InChI=1S/C29H37BO2P/c1-7-19-16-26(27(31)24-11-9-8-10-23(19)24)25-17-22(30-32-28(3,4)29(5,6)33)13-12-20(25)15-21-14-18(21)2/h8-11,16-18,21H,5,7,12-15,33H2,1-4,6H3/p+1. The van der Waals surface area contributed by atoms with Gasteiger partial charge in [-0.05, 0) is 87.3 Å². The second-order valence-corrected chi connectivity index (χ2v) is 12.2. The first-order valence-electron chi connectivity index (χ1n) is 12.3. The Morgan fingerprint density at radius 2 is 1.85 bits per heavy atom. The number of rotatable bonds is 8. The van der Waals surface area contributed by atoms with Gasteiger partial charge in [-0.2, -0.15) is 0 Å². The van der Waals surface area contributed by atoms with Crippen molar-refractivity contribution in [2.75, 3.05) is 0 Å². The van der Waals surface area contributed by atoms with Crippen molar-refractivity contribution in [2.45, 2.75) is 77.5 Å². The molecule has 0 heterocycles. The maximum atomic E-state index is 11.4. The number of benzene rings is 2. The SMILES string of the molecule is [CH2+]C(C)(P)C(C)(C)O[B]C1=CC(c2cc(CC)c3ccccc3c2O)=C(CC2CC2C)CC1. The lowest BCUT2D eigenvalue weighted by Crippen LogP contribution is -2.44. The first-order chi connectivity index (χ1) is 15.5. The lowest BCUT2D eigenvalue weighted by molar-refractivity contribution is 0.0926. The van der Waals surface area contributed by atoms with E-state index < -0.39 is 5.60 Å². The molecule has 2 nitrogen and oxygen atoms in total.